The van der Waals surface area contributed by atoms with E-state index in [9.17, 15) is 19.8 Å². The summed E-state index contributed by atoms with van der Waals surface area (Å²) >= 11 is 0. The van der Waals surface area contributed by atoms with Gasteiger partial charge in [-0.1, -0.05) is 0 Å². The average Bonchev–Trinajstić information content (AvgIpc) is 3.04. The molecule has 0 aromatic carbocycles. The predicted molar refractivity (Wildman–Crippen MR) is 79.8 cm³/mol. The Morgan fingerprint density at radius 2 is 2.08 bits per heavy atom. The molecule has 2 saturated heterocycles. The number of hydrogen-bond donors (Lipinski definition) is 3. The molecule has 3 N–H and O–H groups in total. The van der Waals surface area contributed by atoms with Crippen molar-refractivity contribution in [1.29, 1.82) is 0 Å². The second-order valence-electron chi connectivity index (χ2n) is 5.97. The van der Waals surface area contributed by atoms with Crippen molar-refractivity contribution in [2.45, 2.75) is 43.5 Å². The number of rotatable bonds is 4. The summed E-state index contributed by atoms with van der Waals surface area (Å²) in [5.41, 5.74) is -0.0700. The number of ether oxygens (including phenoxy) is 1. The van der Waals surface area contributed by atoms with E-state index in [-0.39, 0.29) is 11.9 Å². The number of carbonyl (C=O) groups excluding carboxylic acids is 1. The maximum absolute atomic E-state index is 12.6. The van der Waals surface area contributed by atoms with Crippen molar-refractivity contribution in [3.05, 3.63) is 34.2 Å². The Kier molecular flexibility index (Phi) is 4.59. The lowest BCUT2D eigenvalue weighted by Crippen LogP contribution is -2.42. The van der Waals surface area contributed by atoms with E-state index in [2.05, 4.69) is 0 Å². The SMILES string of the molecule is CN1C(=O)CCC1c1cccn(O[C@@H]2O[C@H](CO)[C@@H](O)[C@H]2O)c1=O. The first-order valence-corrected chi connectivity index (χ1v) is 7.71. The Hall–Kier alpha value is -1.94. The Labute approximate surface area is 137 Å². The van der Waals surface area contributed by atoms with Gasteiger partial charge < -0.3 is 29.8 Å². The van der Waals surface area contributed by atoms with Gasteiger partial charge >= 0.3 is 0 Å². The fourth-order valence-electron chi connectivity index (χ4n) is 3.06. The van der Waals surface area contributed by atoms with Gasteiger partial charge in [0.2, 0.25) is 5.91 Å². The van der Waals surface area contributed by atoms with Crippen molar-refractivity contribution < 1.29 is 29.7 Å². The zero-order chi connectivity index (χ0) is 17.4. The molecule has 24 heavy (non-hydrogen) atoms. The van der Waals surface area contributed by atoms with Gasteiger partial charge in [0.05, 0.1) is 12.6 Å². The maximum atomic E-state index is 12.6. The van der Waals surface area contributed by atoms with E-state index in [1.165, 1.54) is 11.1 Å². The molecular formula is C15H20N2O7. The fourth-order valence-corrected chi connectivity index (χ4v) is 3.06. The molecule has 2 aliphatic heterocycles. The number of amides is 1. The van der Waals surface area contributed by atoms with Crippen LogP contribution in [0.15, 0.2) is 23.1 Å². The lowest BCUT2D eigenvalue weighted by molar-refractivity contribution is -0.173. The number of carbonyl (C=O) groups is 1. The van der Waals surface area contributed by atoms with Gasteiger partial charge in [0.15, 0.2) is 0 Å². The lowest BCUT2D eigenvalue weighted by Gasteiger charge is -2.22. The van der Waals surface area contributed by atoms with Crippen LogP contribution in [0.25, 0.3) is 0 Å². The molecule has 1 unspecified atom stereocenters. The van der Waals surface area contributed by atoms with Crippen molar-refractivity contribution in [2.24, 2.45) is 0 Å². The standard InChI is InChI=1S/C15H20N2O7/c1-16-9(4-5-11(16)19)8-3-2-6-17(14(8)22)24-15-13(21)12(20)10(7-18)23-15/h2-3,6,9-10,12-13,15,18,20-21H,4-5,7H2,1H3/t9?,10-,12-,13-,15+/m1/s1. The maximum Gasteiger partial charge on any atom is 0.288 e. The molecule has 9 nitrogen and oxygen atoms in total. The van der Waals surface area contributed by atoms with E-state index in [1.54, 1.807) is 19.2 Å². The topological polar surface area (TPSA) is 121 Å². The molecule has 0 spiro atoms. The number of nitrogens with zero attached hydrogens (tertiary/aromatic N) is 2. The van der Waals surface area contributed by atoms with Gasteiger partial charge in [-0.25, -0.2) is 0 Å². The highest BCUT2D eigenvalue weighted by Crippen LogP contribution is 2.29. The van der Waals surface area contributed by atoms with E-state index >= 15 is 0 Å². The summed E-state index contributed by atoms with van der Waals surface area (Å²) in [4.78, 5) is 31.1. The van der Waals surface area contributed by atoms with Gasteiger partial charge in [0, 0.05) is 25.2 Å². The number of hydrogen-bond acceptors (Lipinski definition) is 7. The molecule has 1 aromatic heterocycles. The van der Waals surface area contributed by atoms with Gasteiger partial charge in [0.25, 0.3) is 11.8 Å². The predicted octanol–water partition coefficient (Wildman–Crippen LogP) is -1.99. The summed E-state index contributed by atoms with van der Waals surface area (Å²) in [5, 5.41) is 28.7. The number of pyridine rings is 1. The molecule has 0 bridgehead atoms. The summed E-state index contributed by atoms with van der Waals surface area (Å²) in [7, 11) is 1.64. The quantitative estimate of drug-likeness (QED) is 0.580. The molecule has 0 aliphatic carbocycles. The Balaban J connectivity index is 1.82. The first-order chi connectivity index (χ1) is 11.4. The van der Waals surface area contributed by atoms with E-state index in [0.717, 1.165) is 4.73 Å². The summed E-state index contributed by atoms with van der Waals surface area (Å²) in [6.07, 6.45) is -2.69. The van der Waals surface area contributed by atoms with Gasteiger partial charge in [-0.05, 0) is 18.6 Å². The normalized spacial score (nSPS) is 33.2. The third-order valence-electron chi connectivity index (χ3n) is 4.51. The van der Waals surface area contributed by atoms with Crippen molar-refractivity contribution in [3.8, 4) is 0 Å². The van der Waals surface area contributed by atoms with Gasteiger partial charge in [-0.15, -0.1) is 4.73 Å². The van der Waals surface area contributed by atoms with Crippen molar-refractivity contribution >= 4 is 5.91 Å². The first kappa shape index (κ1) is 16.9. The molecule has 3 heterocycles. The molecule has 9 heteroatoms. The van der Waals surface area contributed by atoms with Gasteiger partial charge in [-0.2, -0.15) is 0 Å². The largest absolute Gasteiger partial charge is 0.394 e. The third-order valence-corrected chi connectivity index (χ3v) is 4.51. The van der Waals surface area contributed by atoms with Crippen LogP contribution in [0.3, 0.4) is 0 Å². The molecule has 5 atom stereocenters. The molecule has 1 amide bonds. The van der Waals surface area contributed by atoms with E-state index in [4.69, 9.17) is 14.7 Å². The van der Waals surface area contributed by atoms with Crippen LogP contribution < -0.4 is 10.4 Å². The molecule has 0 saturated carbocycles. The summed E-state index contributed by atoms with van der Waals surface area (Å²) in [6, 6.07) is 2.89. The second-order valence-corrected chi connectivity index (χ2v) is 5.97. The molecular weight excluding hydrogens is 320 g/mol. The minimum absolute atomic E-state index is 0.0285. The summed E-state index contributed by atoms with van der Waals surface area (Å²) < 4.78 is 6.11. The van der Waals surface area contributed by atoms with Gasteiger partial charge in [-0.3, -0.25) is 9.59 Å². The molecule has 3 rings (SSSR count). The Morgan fingerprint density at radius 1 is 1.33 bits per heavy atom. The number of aliphatic hydroxyl groups is 3. The number of aromatic nitrogens is 1. The molecule has 132 valence electrons. The Morgan fingerprint density at radius 3 is 2.67 bits per heavy atom. The number of likely N-dealkylation sites (tertiary alicyclic amines) is 1. The zero-order valence-corrected chi connectivity index (χ0v) is 13.1. The van der Waals surface area contributed by atoms with Crippen LogP contribution in [0.4, 0.5) is 0 Å². The highest BCUT2D eigenvalue weighted by atomic mass is 16.8. The zero-order valence-electron chi connectivity index (χ0n) is 13.1. The van der Waals surface area contributed by atoms with Crippen LogP contribution in [0.1, 0.15) is 24.4 Å². The van der Waals surface area contributed by atoms with Crippen molar-refractivity contribution in [3.63, 3.8) is 0 Å². The highest BCUT2D eigenvalue weighted by Gasteiger charge is 2.44. The lowest BCUT2D eigenvalue weighted by atomic mass is 10.1. The van der Waals surface area contributed by atoms with E-state index < -0.39 is 36.8 Å². The van der Waals surface area contributed by atoms with E-state index in [1.807, 2.05) is 0 Å². The van der Waals surface area contributed by atoms with Crippen LogP contribution in [-0.2, 0) is 9.53 Å². The van der Waals surface area contributed by atoms with Crippen molar-refractivity contribution in [2.75, 3.05) is 13.7 Å². The highest BCUT2D eigenvalue weighted by molar-refractivity contribution is 5.78. The van der Waals surface area contributed by atoms with Crippen LogP contribution in [0.5, 0.6) is 0 Å². The first-order valence-electron chi connectivity index (χ1n) is 7.71. The molecule has 2 fully saturated rings. The van der Waals surface area contributed by atoms with Gasteiger partial charge in [0.1, 0.15) is 18.3 Å². The Bertz CT molecular complexity index is 676. The van der Waals surface area contributed by atoms with Crippen LogP contribution in [-0.4, -0.2) is 69.1 Å². The average molecular weight is 340 g/mol. The molecule has 1 aromatic rings. The summed E-state index contributed by atoms with van der Waals surface area (Å²) in [6.45, 7) is -0.484. The van der Waals surface area contributed by atoms with Crippen LogP contribution in [0, 0.1) is 0 Å². The molecule has 2 aliphatic rings. The van der Waals surface area contributed by atoms with Crippen LogP contribution >= 0.6 is 0 Å². The number of aliphatic hydroxyl groups excluding tert-OH is 3. The van der Waals surface area contributed by atoms with E-state index in [0.29, 0.717) is 18.4 Å². The monoisotopic (exact) mass is 340 g/mol. The van der Waals surface area contributed by atoms with Crippen LogP contribution in [0.2, 0.25) is 0 Å². The second kappa shape index (κ2) is 6.52. The van der Waals surface area contributed by atoms with Crippen molar-refractivity contribution in [1.82, 2.24) is 9.63 Å². The minimum atomic E-state index is -1.39. The smallest absolute Gasteiger partial charge is 0.288 e. The third kappa shape index (κ3) is 2.80. The summed E-state index contributed by atoms with van der Waals surface area (Å²) in [5.74, 6) is -0.0285. The minimum Gasteiger partial charge on any atom is -0.394 e. The molecule has 0 radical (unpaired) electrons. The fraction of sp³-hybridized carbons (Fsp3) is 0.600.